The number of pyridine rings is 1. The molecule has 40 heavy (non-hydrogen) atoms. The molecular formula is C30H26FN5O2S2. The van der Waals surface area contributed by atoms with Gasteiger partial charge < -0.3 is 9.80 Å². The van der Waals surface area contributed by atoms with Gasteiger partial charge in [0, 0.05) is 32.4 Å². The van der Waals surface area contributed by atoms with Crippen LogP contribution in [0.1, 0.15) is 16.7 Å². The Morgan fingerprint density at radius 3 is 2.40 bits per heavy atom. The molecule has 0 N–H and O–H groups in total. The molecule has 1 amide bonds. The molecule has 0 unspecified atom stereocenters. The van der Waals surface area contributed by atoms with Gasteiger partial charge in [-0.1, -0.05) is 72.5 Å². The minimum absolute atomic E-state index is 0.233. The van der Waals surface area contributed by atoms with E-state index in [1.165, 1.54) is 22.2 Å². The summed E-state index contributed by atoms with van der Waals surface area (Å²) in [5.41, 5.74) is 3.04. The first-order valence-corrected chi connectivity index (χ1v) is 14.2. The number of para-hydroxylation sites is 1. The first kappa shape index (κ1) is 26.2. The second kappa shape index (κ2) is 10.9. The van der Waals surface area contributed by atoms with Gasteiger partial charge >= 0.3 is 0 Å². The van der Waals surface area contributed by atoms with Crippen molar-refractivity contribution in [1.29, 1.82) is 0 Å². The largest absolute Gasteiger partial charge is 0.366 e. The zero-order valence-electron chi connectivity index (χ0n) is 21.8. The third-order valence-corrected chi connectivity index (χ3v) is 8.55. The molecule has 202 valence electrons. The van der Waals surface area contributed by atoms with Gasteiger partial charge in [-0.3, -0.25) is 18.9 Å². The van der Waals surface area contributed by atoms with Crippen LogP contribution < -0.4 is 15.4 Å². The van der Waals surface area contributed by atoms with Gasteiger partial charge in [0.25, 0.3) is 11.5 Å². The molecule has 0 spiro atoms. The number of amides is 1. The Balaban J connectivity index is 1.36. The number of hydrogen-bond donors (Lipinski definition) is 0. The van der Waals surface area contributed by atoms with Crippen molar-refractivity contribution in [3.8, 4) is 0 Å². The molecule has 4 heterocycles. The van der Waals surface area contributed by atoms with E-state index in [-0.39, 0.29) is 17.3 Å². The molecule has 0 radical (unpaired) electrons. The lowest BCUT2D eigenvalue weighted by atomic mass is 10.2. The van der Waals surface area contributed by atoms with Crippen molar-refractivity contribution in [2.45, 2.75) is 13.5 Å². The number of benzene rings is 2. The summed E-state index contributed by atoms with van der Waals surface area (Å²) in [6, 6.07) is 20.1. The van der Waals surface area contributed by atoms with Crippen molar-refractivity contribution in [3.63, 3.8) is 0 Å². The van der Waals surface area contributed by atoms with Gasteiger partial charge in [-0.2, -0.15) is 0 Å². The molecule has 0 atom stereocenters. The average molecular weight is 572 g/mol. The zero-order chi connectivity index (χ0) is 27.8. The van der Waals surface area contributed by atoms with E-state index in [2.05, 4.69) is 0 Å². The normalized spacial score (nSPS) is 16.9. The number of thioether (sulfide) groups is 1. The number of fused-ring (bicyclic) bond motifs is 1. The highest BCUT2D eigenvalue weighted by molar-refractivity contribution is 8.26. The van der Waals surface area contributed by atoms with Gasteiger partial charge in [0.1, 0.15) is 21.6 Å². The van der Waals surface area contributed by atoms with Crippen molar-refractivity contribution < 1.29 is 9.18 Å². The number of carbonyl (C=O) groups is 1. The summed E-state index contributed by atoms with van der Waals surface area (Å²) in [5, 5.41) is 0. The Morgan fingerprint density at radius 1 is 0.950 bits per heavy atom. The number of aryl methyl sites for hydroxylation is 1. The number of rotatable bonds is 5. The highest BCUT2D eigenvalue weighted by Crippen LogP contribution is 2.35. The molecule has 2 saturated heterocycles. The Kier molecular flexibility index (Phi) is 7.12. The average Bonchev–Trinajstić information content (AvgIpc) is 3.23. The molecular weight excluding hydrogens is 545 g/mol. The lowest BCUT2D eigenvalue weighted by Gasteiger charge is -2.37. The Morgan fingerprint density at radius 2 is 1.65 bits per heavy atom. The number of carbonyl (C=O) groups excluding carboxylic acids is 1. The predicted molar refractivity (Wildman–Crippen MR) is 162 cm³/mol. The first-order chi connectivity index (χ1) is 19.4. The fourth-order valence-electron chi connectivity index (χ4n) is 5.07. The number of anilines is 2. The van der Waals surface area contributed by atoms with Crippen LogP contribution in [0.2, 0.25) is 0 Å². The van der Waals surface area contributed by atoms with Crippen LogP contribution in [0, 0.1) is 12.7 Å². The number of halogens is 1. The second-order valence-corrected chi connectivity index (χ2v) is 11.4. The Labute approximate surface area is 240 Å². The van der Waals surface area contributed by atoms with E-state index in [9.17, 15) is 14.0 Å². The van der Waals surface area contributed by atoms with Crippen LogP contribution in [-0.4, -0.2) is 50.7 Å². The molecule has 6 rings (SSSR count). The number of hydrogen-bond acceptors (Lipinski definition) is 7. The van der Waals surface area contributed by atoms with E-state index in [0.29, 0.717) is 64.7 Å². The van der Waals surface area contributed by atoms with E-state index in [4.69, 9.17) is 17.2 Å². The number of piperazine rings is 1. The summed E-state index contributed by atoms with van der Waals surface area (Å²) in [4.78, 5) is 38.2. The third kappa shape index (κ3) is 4.89. The molecule has 2 fully saturated rings. The zero-order valence-corrected chi connectivity index (χ0v) is 23.4. The minimum atomic E-state index is -0.258. The highest BCUT2D eigenvalue weighted by atomic mass is 32.2. The molecule has 2 aromatic carbocycles. The van der Waals surface area contributed by atoms with Gasteiger partial charge in [0.05, 0.1) is 22.7 Å². The highest BCUT2D eigenvalue weighted by Gasteiger charge is 2.33. The van der Waals surface area contributed by atoms with Gasteiger partial charge in [0.2, 0.25) is 0 Å². The fourth-order valence-corrected chi connectivity index (χ4v) is 6.31. The van der Waals surface area contributed by atoms with Crippen LogP contribution in [0.5, 0.6) is 0 Å². The molecule has 2 aliphatic heterocycles. The minimum Gasteiger partial charge on any atom is -0.366 e. The smallest absolute Gasteiger partial charge is 0.267 e. The van der Waals surface area contributed by atoms with Gasteiger partial charge in [-0.05, 0) is 42.3 Å². The summed E-state index contributed by atoms with van der Waals surface area (Å²) in [6.07, 6.45) is 3.32. The SMILES string of the molecule is Cc1cccn2c(=O)c(/C=C3/SC(=S)N(Cc4ccccc4)C3=O)c(N3CCN(c4ccccc4F)CC3)nc12. The van der Waals surface area contributed by atoms with Gasteiger partial charge in [0.15, 0.2) is 0 Å². The number of thiocarbonyl (C=S) groups is 1. The molecule has 10 heteroatoms. The molecule has 4 aromatic rings. The van der Waals surface area contributed by atoms with Crippen LogP contribution in [0.15, 0.2) is 82.6 Å². The molecule has 2 aliphatic rings. The summed E-state index contributed by atoms with van der Waals surface area (Å²) < 4.78 is 16.4. The topological polar surface area (TPSA) is 61.2 Å². The van der Waals surface area contributed by atoms with E-state index < -0.39 is 0 Å². The quantitative estimate of drug-likeness (QED) is 0.250. The Hall–Kier alpha value is -4.02. The van der Waals surface area contributed by atoms with Crippen LogP contribution in [0.3, 0.4) is 0 Å². The maximum Gasteiger partial charge on any atom is 0.267 e. The predicted octanol–water partition coefficient (Wildman–Crippen LogP) is 4.87. The second-order valence-electron chi connectivity index (χ2n) is 9.72. The maximum absolute atomic E-state index is 14.4. The molecule has 2 aromatic heterocycles. The van der Waals surface area contributed by atoms with Gasteiger partial charge in [-0.15, -0.1) is 0 Å². The molecule has 0 saturated carbocycles. The Bertz CT molecular complexity index is 1710. The van der Waals surface area contributed by atoms with Crippen LogP contribution in [0.4, 0.5) is 15.9 Å². The van der Waals surface area contributed by atoms with Crippen molar-refractivity contribution in [2.24, 2.45) is 0 Å². The summed E-state index contributed by atoms with van der Waals surface area (Å²) in [5.74, 6) is 0.0237. The van der Waals surface area contributed by atoms with E-state index in [0.717, 1.165) is 11.1 Å². The van der Waals surface area contributed by atoms with Crippen molar-refractivity contribution in [1.82, 2.24) is 14.3 Å². The fraction of sp³-hybridized carbons (Fsp3) is 0.200. The molecule has 0 bridgehead atoms. The monoisotopic (exact) mass is 571 g/mol. The maximum atomic E-state index is 14.4. The van der Waals surface area contributed by atoms with Crippen LogP contribution >= 0.6 is 24.0 Å². The van der Waals surface area contributed by atoms with E-state index >= 15 is 0 Å². The lowest BCUT2D eigenvalue weighted by Crippen LogP contribution is -2.47. The third-order valence-electron chi connectivity index (χ3n) is 7.17. The first-order valence-electron chi connectivity index (χ1n) is 13.0. The van der Waals surface area contributed by atoms with Crippen molar-refractivity contribution in [3.05, 3.63) is 111 Å². The van der Waals surface area contributed by atoms with E-state index in [1.807, 2.05) is 59.2 Å². The summed E-state index contributed by atoms with van der Waals surface area (Å²) in [7, 11) is 0. The standard InChI is InChI=1S/C30H26FN5O2S2/c1-20-8-7-13-35-26(20)32-27(34-16-14-33(15-17-34)24-12-6-5-11-23(24)31)22(28(35)37)18-25-29(38)36(30(39)40-25)19-21-9-3-2-4-10-21/h2-13,18H,14-17,19H2,1H3/b25-18+. The van der Waals surface area contributed by atoms with Crippen LogP contribution in [-0.2, 0) is 11.3 Å². The number of aromatic nitrogens is 2. The summed E-state index contributed by atoms with van der Waals surface area (Å²) in [6.45, 7) is 4.48. The lowest BCUT2D eigenvalue weighted by molar-refractivity contribution is -0.122. The van der Waals surface area contributed by atoms with Crippen LogP contribution in [0.25, 0.3) is 11.7 Å². The molecule has 7 nitrogen and oxygen atoms in total. The number of nitrogens with zero attached hydrogens (tertiary/aromatic N) is 5. The van der Waals surface area contributed by atoms with Gasteiger partial charge in [-0.25, -0.2) is 9.37 Å². The van der Waals surface area contributed by atoms with Crippen molar-refractivity contribution in [2.75, 3.05) is 36.0 Å². The molecule has 0 aliphatic carbocycles. The van der Waals surface area contributed by atoms with E-state index in [1.54, 1.807) is 35.4 Å². The van der Waals surface area contributed by atoms with Crippen molar-refractivity contribution >= 4 is 57.4 Å². The summed E-state index contributed by atoms with van der Waals surface area (Å²) >= 11 is 6.74.